The van der Waals surface area contributed by atoms with Crippen molar-refractivity contribution in [3.63, 3.8) is 0 Å². The Bertz CT molecular complexity index is 543. The zero-order valence-electron chi connectivity index (χ0n) is 12.5. The van der Waals surface area contributed by atoms with Crippen molar-refractivity contribution < 1.29 is 9.59 Å². The van der Waals surface area contributed by atoms with Gasteiger partial charge in [0.2, 0.25) is 11.8 Å². The summed E-state index contributed by atoms with van der Waals surface area (Å²) >= 11 is 0. The Morgan fingerprint density at radius 2 is 2.10 bits per heavy atom. The van der Waals surface area contributed by atoms with Gasteiger partial charge in [-0.05, 0) is 31.2 Å². The fourth-order valence-electron chi connectivity index (χ4n) is 3.80. The van der Waals surface area contributed by atoms with E-state index in [4.69, 9.17) is 0 Å². The molecule has 0 radical (unpaired) electrons. The van der Waals surface area contributed by atoms with Crippen molar-refractivity contribution in [2.75, 3.05) is 6.54 Å². The lowest BCUT2D eigenvalue weighted by atomic mass is 9.80. The Morgan fingerprint density at radius 1 is 1.33 bits per heavy atom. The normalized spacial score (nSPS) is 28.3. The maximum atomic E-state index is 13.0. The number of hydrogen-bond acceptors (Lipinski definition) is 2. The van der Waals surface area contributed by atoms with Crippen molar-refractivity contribution >= 4 is 11.8 Å². The Morgan fingerprint density at radius 3 is 2.81 bits per heavy atom. The van der Waals surface area contributed by atoms with Gasteiger partial charge >= 0.3 is 0 Å². The molecule has 112 valence electrons. The number of amides is 2. The predicted octanol–water partition coefficient (Wildman–Crippen LogP) is 1.89. The molecule has 2 aliphatic heterocycles. The van der Waals surface area contributed by atoms with Crippen LogP contribution in [0, 0.1) is 0 Å². The zero-order chi connectivity index (χ0) is 14.9. The minimum Gasteiger partial charge on any atom is -0.342 e. The molecule has 2 aliphatic rings. The molecule has 0 spiro atoms. The second-order valence-electron chi connectivity index (χ2n) is 6.26. The van der Waals surface area contributed by atoms with Gasteiger partial charge in [0.25, 0.3) is 0 Å². The molecule has 4 heteroatoms. The van der Waals surface area contributed by atoms with Gasteiger partial charge in [0, 0.05) is 25.9 Å². The second-order valence-corrected chi connectivity index (χ2v) is 6.26. The first-order valence-corrected chi connectivity index (χ1v) is 7.74. The van der Waals surface area contributed by atoms with E-state index in [0.29, 0.717) is 12.5 Å². The SMILES string of the molecule is CC(=O)NC1(Cc2ccccc2)CCC2CCCN2C1=O. The third-order valence-electron chi connectivity index (χ3n) is 4.72. The monoisotopic (exact) mass is 286 g/mol. The predicted molar refractivity (Wildman–Crippen MR) is 80.7 cm³/mol. The minimum absolute atomic E-state index is 0.107. The van der Waals surface area contributed by atoms with Crippen LogP contribution < -0.4 is 5.32 Å². The lowest BCUT2D eigenvalue weighted by Gasteiger charge is -2.43. The Hall–Kier alpha value is -1.84. The van der Waals surface area contributed by atoms with Crippen LogP contribution in [0.4, 0.5) is 0 Å². The lowest BCUT2D eigenvalue weighted by molar-refractivity contribution is -0.146. The molecule has 1 aromatic rings. The number of nitrogens with one attached hydrogen (secondary N) is 1. The van der Waals surface area contributed by atoms with E-state index in [-0.39, 0.29) is 11.8 Å². The molecule has 0 aliphatic carbocycles. The fraction of sp³-hybridized carbons (Fsp3) is 0.529. The molecule has 2 amide bonds. The number of fused-ring (bicyclic) bond motifs is 1. The topological polar surface area (TPSA) is 49.4 Å². The van der Waals surface area contributed by atoms with Crippen LogP contribution in [0.5, 0.6) is 0 Å². The molecule has 4 nitrogen and oxygen atoms in total. The summed E-state index contributed by atoms with van der Waals surface area (Å²) in [7, 11) is 0. The van der Waals surface area contributed by atoms with Crippen molar-refractivity contribution in [3.05, 3.63) is 35.9 Å². The van der Waals surface area contributed by atoms with Crippen molar-refractivity contribution in [2.24, 2.45) is 0 Å². The molecule has 21 heavy (non-hydrogen) atoms. The number of piperidine rings is 1. The maximum absolute atomic E-state index is 13.0. The number of rotatable bonds is 3. The largest absolute Gasteiger partial charge is 0.342 e. The van der Waals surface area contributed by atoms with E-state index in [1.165, 1.54) is 6.92 Å². The molecule has 0 bridgehead atoms. The molecule has 2 unspecified atom stereocenters. The molecule has 2 saturated heterocycles. The minimum atomic E-state index is -0.756. The average Bonchev–Trinajstić information content (AvgIpc) is 2.93. The van der Waals surface area contributed by atoms with Crippen LogP contribution in [0.15, 0.2) is 30.3 Å². The van der Waals surface area contributed by atoms with Crippen LogP contribution in [-0.2, 0) is 16.0 Å². The zero-order valence-corrected chi connectivity index (χ0v) is 12.5. The van der Waals surface area contributed by atoms with E-state index < -0.39 is 5.54 Å². The molecule has 2 fully saturated rings. The molecular formula is C17H22N2O2. The van der Waals surface area contributed by atoms with Gasteiger partial charge in [-0.1, -0.05) is 30.3 Å². The number of carbonyl (C=O) groups excluding carboxylic acids is 2. The van der Waals surface area contributed by atoms with Crippen LogP contribution in [-0.4, -0.2) is 34.8 Å². The fourth-order valence-corrected chi connectivity index (χ4v) is 3.80. The van der Waals surface area contributed by atoms with Crippen LogP contribution in [0.25, 0.3) is 0 Å². The van der Waals surface area contributed by atoms with E-state index in [1.807, 2.05) is 35.2 Å². The second kappa shape index (κ2) is 5.51. The van der Waals surface area contributed by atoms with Crippen LogP contribution >= 0.6 is 0 Å². The molecular weight excluding hydrogens is 264 g/mol. The average molecular weight is 286 g/mol. The van der Waals surface area contributed by atoms with Gasteiger partial charge in [-0.2, -0.15) is 0 Å². The van der Waals surface area contributed by atoms with E-state index in [9.17, 15) is 9.59 Å². The first kappa shape index (κ1) is 14.1. The number of nitrogens with zero attached hydrogens (tertiary/aromatic N) is 1. The lowest BCUT2D eigenvalue weighted by Crippen LogP contribution is -2.64. The van der Waals surface area contributed by atoms with Gasteiger partial charge in [0.15, 0.2) is 0 Å². The molecule has 2 heterocycles. The van der Waals surface area contributed by atoms with E-state index in [2.05, 4.69) is 5.32 Å². The summed E-state index contributed by atoms with van der Waals surface area (Å²) in [6, 6.07) is 10.3. The third kappa shape index (κ3) is 2.67. The summed E-state index contributed by atoms with van der Waals surface area (Å²) in [4.78, 5) is 26.6. The Labute approximate surface area is 125 Å². The van der Waals surface area contributed by atoms with Gasteiger partial charge in [0.05, 0.1) is 0 Å². The highest BCUT2D eigenvalue weighted by Gasteiger charge is 2.48. The highest BCUT2D eigenvalue weighted by atomic mass is 16.2. The highest BCUT2D eigenvalue weighted by molar-refractivity contribution is 5.92. The van der Waals surface area contributed by atoms with Crippen molar-refractivity contribution in [2.45, 2.75) is 50.6 Å². The first-order chi connectivity index (χ1) is 10.1. The first-order valence-electron chi connectivity index (χ1n) is 7.74. The summed E-state index contributed by atoms with van der Waals surface area (Å²) in [6.45, 7) is 2.33. The number of hydrogen-bond donors (Lipinski definition) is 1. The summed E-state index contributed by atoms with van der Waals surface area (Å²) in [5, 5.41) is 2.98. The molecule has 0 saturated carbocycles. The summed E-state index contributed by atoms with van der Waals surface area (Å²) < 4.78 is 0. The van der Waals surface area contributed by atoms with Gasteiger partial charge in [-0.25, -0.2) is 0 Å². The standard InChI is InChI=1S/C17H22N2O2/c1-13(20)18-17(12-14-6-3-2-4-7-14)10-9-15-8-5-11-19(15)16(17)21/h2-4,6-7,15H,5,8-12H2,1H3,(H,18,20). The molecule has 3 rings (SSSR count). The van der Waals surface area contributed by atoms with E-state index in [1.54, 1.807) is 0 Å². The molecule has 0 aromatic heterocycles. The quantitative estimate of drug-likeness (QED) is 0.922. The van der Waals surface area contributed by atoms with Gasteiger partial charge in [0.1, 0.15) is 5.54 Å². The third-order valence-corrected chi connectivity index (χ3v) is 4.72. The maximum Gasteiger partial charge on any atom is 0.248 e. The summed E-state index contributed by atoms with van der Waals surface area (Å²) in [6.07, 6.45) is 4.49. The van der Waals surface area contributed by atoms with Crippen molar-refractivity contribution in [1.29, 1.82) is 0 Å². The van der Waals surface area contributed by atoms with Crippen molar-refractivity contribution in [1.82, 2.24) is 10.2 Å². The molecule has 1 aromatic carbocycles. The molecule has 2 atom stereocenters. The van der Waals surface area contributed by atoms with Gasteiger partial charge < -0.3 is 10.2 Å². The highest BCUT2D eigenvalue weighted by Crippen LogP contribution is 2.35. The Balaban J connectivity index is 1.89. The van der Waals surface area contributed by atoms with Crippen LogP contribution in [0.3, 0.4) is 0 Å². The molecule has 1 N–H and O–H groups in total. The van der Waals surface area contributed by atoms with E-state index in [0.717, 1.165) is 37.8 Å². The summed E-state index contributed by atoms with van der Waals surface area (Å²) in [5.74, 6) is -0.0211. The number of benzene rings is 1. The smallest absolute Gasteiger partial charge is 0.248 e. The van der Waals surface area contributed by atoms with Gasteiger partial charge in [-0.3, -0.25) is 9.59 Å². The van der Waals surface area contributed by atoms with Crippen LogP contribution in [0.1, 0.15) is 38.2 Å². The van der Waals surface area contributed by atoms with Gasteiger partial charge in [-0.15, -0.1) is 0 Å². The van der Waals surface area contributed by atoms with E-state index >= 15 is 0 Å². The van der Waals surface area contributed by atoms with Crippen LogP contribution in [0.2, 0.25) is 0 Å². The number of carbonyl (C=O) groups is 2. The summed E-state index contributed by atoms with van der Waals surface area (Å²) in [5.41, 5.74) is 0.339. The Kier molecular flexibility index (Phi) is 3.70. The van der Waals surface area contributed by atoms with Crippen molar-refractivity contribution in [3.8, 4) is 0 Å².